The molecule has 0 spiro atoms. The van der Waals surface area contributed by atoms with E-state index in [1.165, 1.54) is 18.4 Å². The molecule has 1 aromatic rings. The molecule has 0 radical (unpaired) electrons. The smallest absolute Gasteiger partial charge is 0.106 e. The van der Waals surface area contributed by atoms with Gasteiger partial charge in [-0.15, -0.1) is 0 Å². The highest BCUT2D eigenvalue weighted by Gasteiger charge is 2.15. The van der Waals surface area contributed by atoms with Crippen LogP contribution in [0.5, 0.6) is 0 Å². The Hall–Kier alpha value is -1.09. The first-order valence-corrected chi connectivity index (χ1v) is 7.07. The molecule has 1 rings (SSSR count). The lowest BCUT2D eigenvalue weighted by atomic mass is 9.95. The quantitative estimate of drug-likeness (QED) is 0.766. The molecule has 0 aromatic heterocycles. The predicted molar refractivity (Wildman–Crippen MR) is 84.2 cm³/mol. The van der Waals surface area contributed by atoms with E-state index in [1.54, 1.807) is 0 Å². The average Bonchev–Trinajstić information content (AvgIpc) is 2.32. The molecule has 0 bridgehead atoms. The lowest BCUT2D eigenvalue weighted by molar-refractivity contribution is 0.438. The van der Waals surface area contributed by atoms with Gasteiger partial charge >= 0.3 is 0 Å². The normalized spacial score (nSPS) is 12.5. The molecular weight excluding hydrogens is 240 g/mol. The van der Waals surface area contributed by atoms with Gasteiger partial charge in [-0.2, -0.15) is 0 Å². The van der Waals surface area contributed by atoms with E-state index in [-0.39, 0.29) is 0 Å². The number of nitrogens with two attached hydrogens (primary N) is 1. The van der Waals surface area contributed by atoms with Crippen molar-refractivity contribution in [2.75, 3.05) is 5.32 Å². The van der Waals surface area contributed by atoms with E-state index in [0.717, 1.165) is 11.3 Å². The largest absolute Gasteiger partial charge is 0.389 e. The third-order valence-electron chi connectivity index (χ3n) is 3.58. The highest BCUT2D eigenvalue weighted by Crippen LogP contribution is 2.22. The molecule has 100 valence electrons. The van der Waals surface area contributed by atoms with Gasteiger partial charge in [0.2, 0.25) is 0 Å². The highest BCUT2D eigenvalue weighted by molar-refractivity contribution is 7.80. The van der Waals surface area contributed by atoms with E-state index in [0.29, 0.717) is 16.9 Å². The molecular formula is C15H24N2S. The molecule has 1 unspecified atom stereocenters. The average molecular weight is 264 g/mol. The molecule has 0 aliphatic rings. The van der Waals surface area contributed by atoms with Crippen molar-refractivity contribution in [1.29, 1.82) is 0 Å². The molecule has 0 aliphatic carbocycles. The molecule has 0 saturated carbocycles. The molecule has 3 heteroatoms. The van der Waals surface area contributed by atoms with Crippen LogP contribution in [0.15, 0.2) is 18.2 Å². The van der Waals surface area contributed by atoms with Crippen LogP contribution in [0.4, 0.5) is 5.69 Å². The lowest BCUT2D eigenvalue weighted by Gasteiger charge is -2.25. The number of aryl methyl sites for hydroxylation is 1. The zero-order valence-electron chi connectivity index (χ0n) is 11.8. The number of thiocarbonyl (C=S) groups is 1. The Labute approximate surface area is 116 Å². The van der Waals surface area contributed by atoms with E-state index in [9.17, 15) is 0 Å². The molecule has 1 atom stereocenters. The minimum atomic E-state index is 0.427. The molecule has 0 amide bonds. The van der Waals surface area contributed by atoms with Crippen molar-refractivity contribution >= 4 is 22.9 Å². The van der Waals surface area contributed by atoms with Gasteiger partial charge in [0.05, 0.1) is 0 Å². The van der Waals surface area contributed by atoms with Crippen molar-refractivity contribution in [2.24, 2.45) is 11.7 Å². The fourth-order valence-electron chi connectivity index (χ4n) is 2.35. The molecule has 2 nitrogen and oxygen atoms in total. The maximum Gasteiger partial charge on any atom is 0.106 e. The summed E-state index contributed by atoms with van der Waals surface area (Å²) in [5.41, 5.74) is 8.97. The molecule has 18 heavy (non-hydrogen) atoms. The summed E-state index contributed by atoms with van der Waals surface area (Å²) in [6, 6.07) is 6.63. The first-order valence-electron chi connectivity index (χ1n) is 6.66. The standard InChI is InChI=1S/C15H24N2S/c1-5-12(6-2)11(4)17-14-8-7-10(3)9-13(14)15(16)18/h7-9,11-12,17H,5-6H2,1-4H3,(H2,16,18). The Morgan fingerprint density at radius 1 is 1.33 bits per heavy atom. The van der Waals surface area contributed by atoms with Gasteiger partial charge in [0.25, 0.3) is 0 Å². The third-order valence-corrected chi connectivity index (χ3v) is 3.80. The van der Waals surface area contributed by atoms with Gasteiger partial charge in [0.1, 0.15) is 4.99 Å². The lowest BCUT2D eigenvalue weighted by Crippen LogP contribution is -2.26. The second kappa shape index (κ2) is 6.74. The molecule has 3 N–H and O–H groups in total. The predicted octanol–water partition coefficient (Wildman–Crippen LogP) is 3.87. The van der Waals surface area contributed by atoms with Crippen molar-refractivity contribution in [3.63, 3.8) is 0 Å². The van der Waals surface area contributed by atoms with Gasteiger partial charge in [0.15, 0.2) is 0 Å². The number of benzene rings is 1. The summed E-state index contributed by atoms with van der Waals surface area (Å²) < 4.78 is 0. The van der Waals surface area contributed by atoms with Crippen molar-refractivity contribution in [1.82, 2.24) is 0 Å². The summed E-state index contributed by atoms with van der Waals surface area (Å²) in [7, 11) is 0. The first-order chi connectivity index (χ1) is 8.49. The minimum Gasteiger partial charge on any atom is -0.389 e. The molecule has 0 heterocycles. The Bertz CT molecular complexity index is 411. The highest BCUT2D eigenvalue weighted by atomic mass is 32.1. The third kappa shape index (κ3) is 3.70. The fourth-order valence-corrected chi connectivity index (χ4v) is 2.52. The van der Waals surface area contributed by atoms with Gasteiger partial charge in [-0.1, -0.05) is 50.5 Å². The van der Waals surface area contributed by atoms with E-state index in [2.05, 4.69) is 45.1 Å². The van der Waals surface area contributed by atoms with Crippen LogP contribution in [0.25, 0.3) is 0 Å². The number of anilines is 1. The van der Waals surface area contributed by atoms with Gasteiger partial charge < -0.3 is 11.1 Å². The summed E-state index contributed by atoms with van der Waals surface area (Å²) in [6.07, 6.45) is 2.36. The van der Waals surface area contributed by atoms with E-state index < -0.39 is 0 Å². The van der Waals surface area contributed by atoms with E-state index in [4.69, 9.17) is 18.0 Å². The molecule has 0 aliphatic heterocycles. The van der Waals surface area contributed by atoms with Gasteiger partial charge in [-0.05, 0) is 31.9 Å². The topological polar surface area (TPSA) is 38.0 Å². The summed E-state index contributed by atoms with van der Waals surface area (Å²) in [4.78, 5) is 0.456. The van der Waals surface area contributed by atoms with Crippen molar-refractivity contribution < 1.29 is 0 Å². The maximum absolute atomic E-state index is 5.79. The Kier molecular flexibility index (Phi) is 5.60. The van der Waals surface area contributed by atoms with Gasteiger partial charge in [-0.3, -0.25) is 0 Å². The number of hydrogen-bond acceptors (Lipinski definition) is 2. The molecule has 1 aromatic carbocycles. The van der Waals surface area contributed by atoms with Gasteiger partial charge in [0, 0.05) is 17.3 Å². The van der Waals surface area contributed by atoms with Crippen molar-refractivity contribution in [3.8, 4) is 0 Å². The number of rotatable bonds is 6. The second-order valence-corrected chi connectivity index (χ2v) is 5.36. The van der Waals surface area contributed by atoms with Crippen LogP contribution in [0, 0.1) is 12.8 Å². The SMILES string of the molecule is CCC(CC)C(C)Nc1ccc(C)cc1C(N)=S. The van der Waals surface area contributed by atoms with Crippen LogP contribution in [0.2, 0.25) is 0 Å². The monoisotopic (exact) mass is 264 g/mol. The molecule has 0 saturated heterocycles. The van der Waals surface area contributed by atoms with Crippen LogP contribution in [0.1, 0.15) is 44.7 Å². The zero-order chi connectivity index (χ0) is 13.7. The van der Waals surface area contributed by atoms with E-state index in [1.807, 2.05) is 6.07 Å². The summed E-state index contributed by atoms with van der Waals surface area (Å²) in [6.45, 7) is 8.74. The summed E-state index contributed by atoms with van der Waals surface area (Å²) in [5.74, 6) is 0.672. The van der Waals surface area contributed by atoms with Crippen LogP contribution in [-0.4, -0.2) is 11.0 Å². The molecule has 0 fully saturated rings. The van der Waals surface area contributed by atoms with Gasteiger partial charge in [-0.25, -0.2) is 0 Å². The van der Waals surface area contributed by atoms with Crippen molar-refractivity contribution in [3.05, 3.63) is 29.3 Å². The first kappa shape index (κ1) is 15.0. The Balaban J connectivity index is 2.93. The summed E-state index contributed by atoms with van der Waals surface area (Å²) >= 11 is 5.12. The Morgan fingerprint density at radius 2 is 1.94 bits per heavy atom. The number of hydrogen-bond donors (Lipinski definition) is 2. The van der Waals surface area contributed by atoms with Crippen LogP contribution in [-0.2, 0) is 0 Å². The maximum atomic E-state index is 5.79. The Morgan fingerprint density at radius 3 is 2.44 bits per heavy atom. The minimum absolute atomic E-state index is 0.427. The zero-order valence-corrected chi connectivity index (χ0v) is 12.6. The second-order valence-electron chi connectivity index (χ2n) is 4.92. The summed E-state index contributed by atoms with van der Waals surface area (Å²) in [5, 5.41) is 3.55. The van der Waals surface area contributed by atoms with Crippen LogP contribution >= 0.6 is 12.2 Å². The van der Waals surface area contributed by atoms with Crippen LogP contribution < -0.4 is 11.1 Å². The van der Waals surface area contributed by atoms with E-state index >= 15 is 0 Å². The van der Waals surface area contributed by atoms with Crippen molar-refractivity contribution in [2.45, 2.75) is 46.6 Å². The fraction of sp³-hybridized carbons (Fsp3) is 0.533. The number of nitrogens with one attached hydrogen (secondary N) is 1. The van der Waals surface area contributed by atoms with Crippen LogP contribution in [0.3, 0.4) is 0 Å².